The van der Waals surface area contributed by atoms with Crippen LogP contribution in [0, 0.1) is 21.4 Å². The third-order valence-corrected chi connectivity index (χ3v) is 2.78. The fraction of sp³-hybridized carbons (Fsp3) is 0.364. The Bertz CT molecular complexity index is 597. The molecule has 2 rings (SSSR count). The number of nitriles is 1. The van der Waals surface area contributed by atoms with Crippen LogP contribution in [-0.4, -0.2) is 46.8 Å². The van der Waals surface area contributed by atoms with Gasteiger partial charge in [0.25, 0.3) is 0 Å². The van der Waals surface area contributed by atoms with E-state index in [0.29, 0.717) is 6.54 Å². The summed E-state index contributed by atoms with van der Waals surface area (Å²) in [5, 5.41) is 28.7. The molecule has 0 bridgehead atoms. The van der Waals surface area contributed by atoms with Gasteiger partial charge in [-0.3, -0.25) is 10.1 Å². The highest BCUT2D eigenvalue weighted by atomic mass is 16.6. The number of carboxylic acids is 1. The molecule has 0 amide bonds. The molecule has 1 atom stereocenters. The van der Waals surface area contributed by atoms with E-state index in [-0.39, 0.29) is 30.4 Å². The fourth-order valence-electron chi connectivity index (χ4n) is 1.86. The summed E-state index contributed by atoms with van der Waals surface area (Å²) in [7, 11) is 0. The summed E-state index contributed by atoms with van der Waals surface area (Å²) in [5.41, 5.74) is -0.584. The summed E-state index contributed by atoms with van der Waals surface area (Å²) in [6, 6.07) is 4.09. The predicted octanol–water partition coefficient (Wildman–Crippen LogP) is 0.417. The Morgan fingerprint density at radius 2 is 2.40 bits per heavy atom. The second kappa shape index (κ2) is 5.50. The molecule has 20 heavy (non-hydrogen) atoms. The predicted molar refractivity (Wildman–Crippen MR) is 65.4 cm³/mol. The molecule has 1 saturated heterocycles. The Morgan fingerprint density at radius 1 is 1.65 bits per heavy atom. The smallest absolute Gasteiger partial charge is 0.354 e. The van der Waals surface area contributed by atoms with Gasteiger partial charge in [0.2, 0.25) is 5.82 Å². The number of morpholine rings is 1. The van der Waals surface area contributed by atoms with Crippen LogP contribution in [0.4, 0.5) is 11.5 Å². The van der Waals surface area contributed by atoms with Crippen LogP contribution in [0.15, 0.2) is 12.1 Å². The normalized spacial score (nSPS) is 18.4. The third-order valence-electron chi connectivity index (χ3n) is 2.78. The summed E-state index contributed by atoms with van der Waals surface area (Å²) in [6.45, 7) is 0.622. The number of hydrogen-bond acceptors (Lipinski definition) is 7. The monoisotopic (exact) mass is 278 g/mol. The minimum absolute atomic E-state index is 0.0570. The van der Waals surface area contributed by atoms with Crippen molar-refractivity contribution in [3.05, 3.63) is 27.9 Å². The Labute approximate surface area is 113 Å². The van der Waals surface area contributed by atoms with Crippen molar-refractivity contribution in [2.24, 2.45) is 0 Å². The van der Waals surface area contributed by atoms with Gasteiger partial charge in [0, 0.05) is 12.6 Å². The van der Waals surface area contributed by atoms with Gasteiger partial charge in [-0.25, -0.2) is 9.78 Å². The van der Waals surface area contributed by atoms with E-state index in [0.717, 1.165) is 12.1 Å². The van der Waals surface area contributed by atoms with Gasteiger partial charge in [0.15, 0.2) is 11.8 Å². The highest BCUT2D eigenvalue weighted by Crippen LogP contribution is 2.27. The van der Waals surface area contributed by atoms with Gasteiger partial charge in [0.1, 0.15) is 0 Å². The first kappa shape index (κ1) is 13.7. The Kier molecular flexibility index (Phi) is 3.76. The number of ether oxygens (including phenoxy) is 1. The quantitative estimate of drug-likeness (QED) is 0.621. The zero-order valence-corrected chi connectivity index (χ0v) is 10.2. The highest BCUT2D eigenvalue weighted by Gasteiger charge is 2.28. The lowest BCUT2D eigenvalue weighted by Gasteiger charge is -2.30. The minimum Gasteiger partial charge on any atom is -0.477 e. The van der Waals surface area contributed by atoms with Gasteiger partial charge in [0.05, 0.1) is 24.1 Å². The summed E-state index contributed by atoms with van der Waals surface area (Å²) < 4.78 is 5.14. The Balaban J connectivity index is 2.42. The van der Waals surface area contributed by atoms with E-state index in [9.17, 15) is 14.9 Å². The van der Waals surface area contributed by atoms with Crippen LogP contribution in [0.5, 0.6) is 0 Å². The summed E-state index contributed by atoms with van der Waals surface area (Å²) >= 11 is 0. The topological polar surface area (TPSA) is 130 Å². The summed E-state index contributed by atoms with van der Waals surface area (Å²) in [5.74, 6) is -1.33. The number of anilines is 1. The Hall–Kier alpha value is -2.73. The lowest BCUT2D eigenvalue weighted by Crippen LogP contribution is -2.42. The number of rotatable bonds is 3. The first-order chi connectivity index (χ1) is 9.52. The second-order valence-electron chi connectivity index (χ2n) is 4.04. The van der Waals surface area contributed by atoms with Crippen molar-refractivity contribution in [3.63, 3.8) is 0 Å². The molecule has 1 N–H and O–H groups in total. The molecule has 0 saturated carbocycles. The minimum atomic E-state index is -1.27. The number of nitrogens with zero attached hydrogens (tertiary/aromatic N) is 4. The van der Waals surface area contributed by atoms with Gasteiger partial charge < -0.3 is 14.7 Å². The standard InChI is InChI=1S/C11H10N4O5/c12-5-7-6-14(3-4-20-7)10-9(15(18)19)2-1-8(13-10)11(16)17/h1-2,7H,3-4,6H2,(H,16,17). The van der Waals surface area contributed by atoms with E-state index in [4.69, 9.17) is 15.1 Å². The van der Waals surface area contributed by atoms with Gasteiger partial charge >= 0.3 is 11.7 Å². The molecule has 1 fully saturated rings. The van der Waals surface area contributed by atoms with Crippen molar-refractivity contribution in [3.8, 4) is 6.07 Å². The molecule has 0 aliphatic carbocycles. The second-order valence-corrected chi connectivity index (χ2v) is 4.04. The number of hydrogen-bond donors (Lipinski definition) is 1. The lowest BCUT2D eigenvalue weighted by atomic mass is 10.2. The van der Waals surface area contributed by atoms with Crippen molar-refractivity contribution < 1.29 is 19.6 Å². The maximum Gasteiger partial charge on any atom is 0.354 e. The molecule has 0 aromatic carbocycles. The number of nitro groups is 1. The van der Waals surface area contributed by atoms with Crippen molar-refractivity contribution in [1.82, 2.24) is 4.98 Å². The average Bonchev–Trinajstić information content (AvgIpc) is 2.46. The first-order valence-electron chi connectivity index (χ1n) is 5.68. The maximum atomic E-state index is 11.0. The van der Waals surface area contributed by atoms with Crippen LogP contribution in [-0.2, 0) is 4.74 Å². The van der Waals surface area contributed by atoms with E-state index in [1.165, 1.54) is 4.90 Å². The zero-order valence-electron chi connectivity index (χ0n) is 10.2. The van der Waals surface area contributed by atoms with Crippen molar-refractivity contribution in [2.75, 3.05) is 24.6 Å². The van der Waals surface area contributed by atoms with Crippen LogP contribution in [0.1, 0.15) is 10.5 Å². The molecule has 1 aromatic heterocycles. The lowest BCUT2D eigenvalue weighted by molar-refractivity contribution is -0.384. The van der Waals surface area contributed by atoms with E-state index in [1.807, 2.05) is 6.07 Å². The maximum absolute atomic E-state index is 11.0. The van der Waals surface area contributed by atoms with Crippen molar-refractivity contribution >= 4 is 17.5 Å². The molecule has 0 radical (unpaired) electrons. The average molecular weight is 278 g/mol. The van der Waals surface area contributed by atoms with Gasteiger partial charge in [-0.1, -0.05) is 0 Å². The molecule has 1 aliphatic rings. The van der Waals surface area contributed by atoms with Crippen molar-refractivity contribution in [1.29, 1.82) is 5.26 Å². The summed E-state index contributed by atoms with van der Waals surface area (Å²) in [6.07, 6.45) is -0.723. The van der Waals surface area contributed by atoms with Gasteiger partial charge in [-0.2, -0.15) is 5.26 Å². The molecular formula is C11H10N4O5. The molecule has 0 spiro atoms. The van der Waals surface area contributed by atoms with E-state index in [2.05, 4.69) is 4.98 Å². The number of pyridine rings is 1. The molecule has 9 heteroatoms. The molecule has 1 aliphatic heterocycles. The number of carbonyl (C=O) groups is 1. The third kappa shape index (κ3) is 2.65. The van der Waals surface area contributed by atoms with E-state index < -0.39 is 17.0 Å². The van der Waals surface area contributed by atoms with Gasteiger partial charge in [-0.05, 0) is 6.07 Å². The van der Waals surface area contributed by atoms with E-state index in [1.54, 1.807) is 0 Å². The molecule has 2 heterocycles. The number of carboxylic acid groups (broad SMARTS) is 1. The molecule has 9 nitrogen and oxygen atoms in total. The summed E-state index contributed by atoms with van der Waals surface area (Å²) in [4.78, 5) is 26.6. The zero-order chi connectivity index (χ0) is 14.7. The Morgan fingerprint density at radius 3 is 3.00 bits per heavy atom. The molecule has 104 valence electrons. The number of aromatic carboxylic acids is 1. The van der Waals surface area contributed by atoms with Crippen LogP contribution in [0.3, 0.4) is 0 Å². The van der Waals surface area contributed by atoms with Gasteiger partial charge in [-0.15, -0.1) is 0 Å². The number of aromatic nitrogens is 1. The highest BCUT2D eigenvalue weighted by molar-refractivity contribution is 5.86. The first-order valence-corrected chi connectivity index (χ1v) is 5.68. The van der Waals surface area contributed by atoms with Crippen molar-refractivity contribution in [2.45, 2.75) is 6.10 Å². The fourth-order valence-corrected chi connectivity index (χ4v) is 1.86. The molecule has 1 unspecified atom stereocenters. The largest absolute Gasteiger partial charge is 0.477 e. The van der Waals surface area contributed by atoms with Crippen LogP contribution in [0.25, 0.3) is 0 Å². The van der Waals surface area contributed by atoms with Crippen LogP contribution >= 0.6 is 0 Å². The molecule has 1 aromatic rings. The van der Waals surface area contributed by atoms with E-state index >= 15 is 0 Å². The van der Waals surface area contributed by atoms with Crippen LogP contribution in [0.2, 0.25) is 0 Å². The van der Waals surface area contributed by atoms with Crippen LogP contribution < -0.4 is 4.90 Å². The molecular weight excluding hydrogens is 268 g/mol. The SMILES string of the molecule is N#CC1CN(c2nc(C(=O)O)ccc2[N+](=O)[O-])CCO1.